The molecule has 1 aliphatic heterocycles. The molecule has 3 aliphatic rings. The summed E-state index contributed by atoms with van der Waals surface area (Å²) in [5.41, 5.74) is 1.10. The summed E-state index contributed by atoms with van der Waals surface area (Å²) in [6.45, 7) is 0.902. The van der Waals surface area contributed by atoms with Crippen LogP contribution < -0.4 is 0 Å². The van der Waals surface area contributed by atoms with Gasteiger partial charge in [-0.2, -0.15) is 0 Å². The maximum absolute atomic E-state index is 12.0. The Morgan fingerprint density at radius 3 is 2.80 bits per heavy atom. The third kappa shape index (κ3) is 2.32. The Labute approximate surface area is 120 Å². The zero-order valence-electron chi connectivity index (χ0n) is 12.0. The van der Waals surface area contributed by atoms with Crippen molar-refractivity contribution in [2.24, 2.45) is 5.92 Å². The number of Topliss-reactive ketones (excluding diaryl/α,β-unsaturated/α-hetero) is 1. The van der Waals surface area contributed by atoms with Gasteiger partial charge in [0.25, 0.3) is 0 Å². The molecule has 1 unspecified atom stereocenters. The number of hydrogen-bond donors (Lipinski definition) is 0. The third-order valence-electron chi connectivity index (χ3n) is 5.25. The van der Waals surface area contributed by atoms with Crippen LogP contribution in [0.4, 0.5) is 0 Å². The molecule has 108 valence electrons. The van der Waals surface area contributed by atoms with E-state index in [1.54, 1.807) is 0 Å². The molecule has 20 heavy (non-hydrogen) atoms. The Bertz CT molecular complexity index is 509. The van der Waals surface area contributed by atoms with Gasteiger partial charge in [0.15, 0.2) is 5.78 Å². The smallest absolute Gasteiger partial charge is 0.167 e. The fourth-order valence-corrected chi connectivity index (χ4v) is 3.93. The van der Waals surface area contributed by atoms with Gasteiger partial charge in [0.2, 0.25) is 0 Å². The van der Waals surface area contributed by atoms with E-state index in [9.17, 15) is 4.79 Å². The molecule has 4 rings (SSSR count). The summed E-state index contributed by atoms with van der Waals surface area (Å²) in [6.07, 6.45) is 14.1. The highest BCUT2D eigenvalue weighted by atomic mass is 16.5. The van der Waals surface area contributed by atoms with Gasteiger partial charge in [-0.1, -0.05) is 12.8 Å². The van der Waals surface area contributed by atoms with Crippen LogP contribution in [-0.4, -0.2) is 22.1 Å². The van der Waals surface area contributed by atoms with Gasteiger partial charge >= 0.3 is 0 Å². The zero-order valence-corrected chi connectivity index (χ0v) is 12.0. The predicted molar refractivity (Wildman–Crippen MR) is 76.8 cm³/mol. The van der Waals surface area contributed by atoms with Crippen molar-refractivity contribution in [3.8, 4) is 0 Å². The molecule has 0 aromatic carbocycles. The van der Waals surface area contributed by atoms with Crippen LogP contribution in [0.2, 0.25) is 0 Å². The fraction of sp³-hybridized carbons (Fsp3) is 0.706. The summed E-state index contributed by atoms with van der Waals surface area (Å²) < 4.78 is 8.48. The van der Waals surface area contributed by atoms with Crippen LogP contribution in [0.5, 0.6) is 0 Å². The second-order valence-electron chi connectivity index (χ2n) is 6.90. The summed E-state index contributed by atoms with van der Waals surface area (Å²) >= 11 is 0. The first-order valence-electron chi connectivity index (χ1n) is 8.12. The quantitative estimate of drug-likeness (QED) is 0.785. The number of aromatic nitrogens is 1. The van der Waals surface area contributed by atoms with Crippen molar-refractivity contribution in [2.45, 2.75) is 69.6 Å². The van der Waals surface area contributed by atoms with E-state index in [1.165, 1.54) is 38.5 Å². The maximum Gasteiger partial charge on any atom is 0.167 e. The number of nitrogens with zero attached hydrogens (tertiary/aromatic N) is 1. The monoisotopic (exact) mass is 273 g/mol. The minimum Gasteiger partial charge on any atom is -0.370 e. The number of carbonyl (C=O) groups excluding carboxylic acids is 1. The molecular weight excluding hydrogens is 250 g/mol. The van der Waals surface area contributed by atoms with Gasteiger partial charge in [-0.25, -0.2) is 0 Å². The number of hydrogen-bond acceptors (Lipinski definition) is 2. The van der Waals surface area contributed by atoms with Crippen molar-refractivity contribution in [1.82, 2.24) is 4.57 Å². The highest BCUT2D eigenvalue weighted by Crippen LogP contribution is 2.43. The highest BCUT2D eigenvalue weighted by Gasteiger charge is 2.42. The average Bonchev–Trinajstić information content (AvgIpc) is 2.87. The molecule has 1 saturated heterocycles. The zero-order chi connectivity index (χ0) is 13.6. The summed E-state index contributed by atoms with van der Waals surface area (Å²) in [5, 5.41) is 0. The second kappa shape index (κ2) is 4.73. The molecule has 1 atom stereocenters. The molecule has 0 radical (unpaired) electrons. The normalized spacial score (nSPS) is 28.3. The molecule has 1 spiro atoms. The molecule has 0 N–H and O–H groups in total. The van der Waals surface area contributed by atoms with E-state index in [4.69, 9.17) is 4.74 Å². The lowest BCUT2D eigenvalue weighted by Gasteiger charge is -2.23. The van der Waals surface area contributed by atoms with Crippen LogP contribution in [0.25, 0.3) is 0 Å². The Kier molecular flexibility index (Phi) is 2.99. The molecule has 0 amide bonds. The summed E-state index contributed by atoms with van der Waals surface area (Å²) in [7, 11) is 0. The van der Waals surface area contributed by atoms with Crippen molar-refractivity contribution in [2.75, 3.05) is 0 Å². The van der Waals surface area contributed by atoms with Gasteiger partial charge in [-0.05, 0) is 44.6 Å². The Morgan fingerprint density at radius 1 is 1.25 bits per heavy atom. The van der Waals surface area contributed by atoms with Gasteiger partial charge in [-0.3, -0.25) is 4.79 Å². The lowest BCUT2D eigenvalue weighted by atomic mass is 9.98. The highest BCUT2D eigenvalue weighted by molar-refractivity contribution is 5.99. The van der Waals surface area contributed by atoms with E-state index in [0.29, 0.717) is 17.8 Å². The molecular formula is C17H23NO2. The molecule has 1 aromatic rings. The lowest BCUT2D eigenvalue weighted by molar-refractivity contribution is -0.0417. The maximum atomic E-state index is 12.0. The molecule has 2 saturated carbocycles. The van der Waals surface area contributed by atoms with Crippen LogP contribution in [0.15, 0.2) is 18.5 Å². The van der Waals surface area contributed by atoms with E-state index in [2.05, 4.69) is 4.57 Å². The lowest BCUT2D eigenvalue weighted by Crippen LogP contribution is -2.26. The number of ether oxygens (including phenoxy) is 1. The van der Waals surface area contributed by atoms with Gasteiger partial charge in [0.05, 0.1) is 11.7 Å². The van der Waals surface area contributed by atoms with E-state index < -0.39 is 0 Å². The Hall–Kier alpha value is -1.09. The van der Waals surface area contributed by atoms with Crippen LogP contribution in [-0.2, 0) is 11.3 Å². The molecule has 3 fully saturated rings. The van der Waals surface area contributed by atoms with E-state index in [1.807, 2.05) is 18.5 Å². The molecule has 0 bridgehead atoms. The summed E-state index contributed by atoms with van der Waals surface area (Å²) in [6, 6.07) is 1.97. The molecule has 2 aliphatic carbocycles. The predicted octanol–water partition coefficient (Wildman–Crippen LogP) is 3.57. The molecule has 3 heteroatoms. The SMILES string of the molecule is O=C(c1ccn(CC2CCC3(CCCC3)O2)c1)C1CC1. The van der Waals surface area contributed by atoms with Crippen LogP contribution in [0, 0.1) is 5.92 Å². The van der Waals surface area contributed by atoms with Gasteiger partial charge in [0, 0.05) is 30.4 Å². The van der Waals surface area contributed by atoms with Crippen LogP contribution >= 0.6 is 0 Å². The van der Waals surface area contributed by atoms with Crippen LogP contribution in [0.1, 0.15) is 61.7 Å². The third-order valence-corrected chi connectivity index (χ3v) is 5.25. The Morgan fingerprint density at radius 2 is 2.05 bits per heavy atom. The minimum atomic E-state index is 0.213. The van der Waals surface area contributed by atoms with Crippen molar-refractivity contribution < 1.29 is 9.53 Å². The Balaban J connectivity index is 1.38. The number of ketones is 1. The van der Waals surface area contributed by atoms with E-state index in [-0.39, 0.29) is 5.60 Å². The first-order chi connectivity index (χ1) is 9.74. The minimum absolute atomic E-state index is 0.213. The van der Waals surface area contributed by atoms with Crippen LogP contribution in [0.3, 0.4) is 0 Å². The second-order valence-corrected chi connectivity index (χ2v) is 6.90. The van der Waals surface area contributed by atoms with Crippen molar-refractivity contribution in [3.63, 3.8) is 0 Å². The van der Waals surface area contributed by atoms with Crippen molar-refractivity contribution >= 4 is 5.78 Å². The van der Waals surface area contributed by atoms with Gasteiger partial charge in [0.1, 0.15) is 0 Å². The van der Waals surface area contributed by atoms with Gasteiger partial charge in [-0.15, -0.1) is 0 Å². The largest absolute Gasteiger partial charge is 0.370 e. The van der Waals surface area contributed by atoms with Gasteiger partial charge < -0.3 is 9.30 Å². The average molecular weight is 273 g/mol. The van der Waals surface area contributed by atoms with Crippen molar-refractivity contribution in [3.05, 3.63) is 24.0 Å². The van der Waals surface area contributed by atoms with Crippen molar-refractivity contribution in [1.29, 1.82) is 0 Å². The first-order valence-corrected chi connectivity index (χ1v) is 8.12. The van der Waals surface area contributed by atoms with E-state index >= 15 is 0 Å². The summed E-state index contributed by atoms with van der Waals surface area (Å²) in [4.78, 5) is 12.0. The number of rotatable bonds is 4. The molecule has 3 nitrogen and oxygen atoms in total. The molecule has 2 heterocycles. The molecule has 1 aromatic heterocycles. The number of carbonyl (C=O) groups is 1. The standard InChI is InChI=1S/C17H23NO2/c19-16(13-3-4-13)14-6-10-18(11-14)12-15-5-9-17(20-15)7-1-2-8-17/h6,10-11,13,15H,1-5,7-9,12H2. The van der Waals surface area contributed by atoms with E-state index in [0.717, 1.165) is 24.9 Å². The summed E-state index contributed by atoms with van der Waals surface area (Å²) in [5.74, 6) is 0.652. The topological polar surface area (TPSA) is 31.2 Å². The fourth-order valence-electron chi connectivity index (χ4n) is 3.93. The first kappa shape index (κ1) is 12.6.